The van der Waals surface area contributed by atoms with Crippen molar-refractivity contribution < 1.29 is 9.53 Å². The Morgan fingerprint density at radius 3 is 2.58 bits per heavy atom. The third-order valence-corrected chi connectivity index (χ3v) is 7.58. The number of aryl methyl sites for hydroxylation is 1. The predicted octanol–water partition coefficient (Wildman–Crippen LogP) is 5.16. The van der Waals surface area contributed by atoms with Gasteiger partial charge in [-0.2, -0.15) is 0 Å². The number of hydrogen-bond acceptors (Lipinski definition) is 4. The zero-order chi connectivity index (χ0) is 23.4. The molecular weight excluding hydrogens is 414 g/mol. The van der Waals surface area contributed by atoms with Crippen LogP contribution in [0, 0.1) is 11.8 Å². The Morgan fingerprint density at radius 1 is 1.15 bits per heavy atom. The van der Waals surface area contributed by atoms with Crippen LogP contribution in [0.15, 0.2) is 24.3 Å². The fourth-order valence-corrected chi connectivity index (χ4v) is 5.32. The van der Waals surface area contributed by atoms with Crippen LogP contribution in [-0.2, 0) is 13.6 Å². The van der Waals surface area contributed by atoms with Crippen molar-refractivity contribution in [1.29, 1.82) is 0 Å². The van der Waals surface area contributed by atoms with Crippen molar-refractivity contribution in [2.45, 2.75) is 83.9 Å². The van der Waals surface area contributed by atoms with E-state index in [0.29, 0.717) is 24.6 Å². The number of rotatable bonds is 7. The molecule has 0 spiro atoms. The molecule has 180 valence electrons. The van der Waals surface area contributed by atoms with E-state index < -0.39 is 0 Å². The summed E-state index contributed by atoms with van der Waals surface area (Å²) < 4.78 is 8.05. The number of amides is 2. The predicted molar refractivity (Wildman–Crippen MR) is 130 cm³/mol. The van der Waals surface area contributed by atoms with Crippen LogP contribution in [0.2, 0.25) is 0 Å². The van der Waals surface area contributed by atoms with Gasteiger partial charge in [-0.3, -0.25) is 0 Å². The number of benzene rings is 1. The van der Waals surface area contributed by atoms with Crippen molar-refractivity contribution in [2.24, 2.45) is 18.9 Å². The topological polar surface area (TPSA) is 72.3 Å². The number of carbonyl (C=O) groups excluding carboxylic acids is 1. The van der Waals surface area contributed by atoms with Crippen molar-refractivity contribution in [3.05, 3.63) is 30.0 Å². The first-order chi connectivity index (χ1) is 15.9. The molecule has 2 aromatic rings. The van der Waals surface area contributed by atoms with E-state index in [1.54, 1.807) is 4.68 Å². The Bertz CT molecular complexity index is 917. The smallest absolute Gasteiger partial charge is 0.317 e. The SMILES string of the molecule is CC(C)[C@H]1CCC[C@H](Oc2ccc(-c3nnn(C)c3CNC(=O)N(C)C3CCCC3)cc2)C1. The first-order valence-electron chi connectivity index (χ1n) is 12.6. The minimum absolute atomic E-state index is 0.0371. The highest BCUT2D eigenvalue weighted by Crippen LogP contribution is 2.33. The molecule has 1 aromatic heterocycles. The maximum Gasteiger partial charge on any atom is 0.317 e. The summed E-state index contributed by atoms with van der Waals surface area (Å²) in [6.07, 6.45) is 9.74. The number of nitrogens with zero attached hydrogens (tertiary/aromatic N) is 4. The molecule has 0 aliphatic heterocycles. The summed E-state index contributed by atoms with van der Waals surface area (Å²) in [5, 5.41) is 11.6. The lowest BCUT2D eigenvalue weighted by molar-refractivity contribution is 0.106. The van der Waals surface area contributed by atoms with Crippen molar-refractivity contribution in [3.63, 3.8) is 0 Å². The second-order valence-electron chi connectivity index (χ2n) is 10.2. The summed E-state index contributed by atoms with van der Waals surface area (Å²) in [5.74, 6) is 2.38. The summed E-state index contributed by atoms with van der Waals surface area (Å²) in [7, 11) is 3.76. The summed E-state index contributed by atoms with van der Waals surface area (Å²) in [5.41, 5.74) is 2.67. The largest absolute Gasteiger partial charge is 0.490 e. The first kappa shape index (κ1) is 23.6. The van der Waals surface area contributed by atoms with Gasteiger partial charge in [-0.05, 0) is 74.6 Å². The fraction of sp³-hybridized carbons (Fsp3) is 0.654. The summed E-state index contributed by atoms with van der Waals surface area (Å²) in [6, 6.07) is 8.45. The van der Waals surface area contributed by atoms with Gasteiger partial charge in [0, 0.05) is 25.7 Å². The van der Waals surface area contributed by atoms with Crippen molar-refractivity contribution >= 4 is 6.03 Å². The molecule has 7 nitrogen and oxygen atoms in total. The van der Waals surface area contributed by atoms with Gasteiger partial charge in [0.15, 0.2) is 0 Å². The Hall–Kier alpha value is -2.57. The van der Waals surface area contributed by atoms with Gasteiger partial charge in [-0.1, -0.05) is 31.9 Å². The molecule has 2 aliphatic rings. The van der Waals surface area contributed by atoms with E-state index in [2.05, 4.69) is 29.5 Å². The van der Waals surface area contributed by atoms with Crippen LogP contribution in [0.4, 0.5) is 4.79 Å². The average Bonchev–Trinajstić information content (AvgIpc) is 3.48. The molecule has 2 amide bonds. The first-order valence-corrected chi connectivity index (χ1v) is 12.6. The minimum atomic E-state index is -0.0371. The quantitative estimate of drug-likeness (QED) is 0.628. The van der Waals surface area contributed by atoms with E-state index in [9.17, 15) is 4.79 Å². The molecule has 4 rings (SSSR count). The molecule has 7 heteroatoms. The van der Waals surface area contributed by atoms with Gasteiger partial charge in [0.1, 0.15) is 11.4 Å². The number of carbonyl (C=O) groups is 1. The van der Waals surface area contributed by atoms with Crippen LogP contribution in [0.25, 0.3) is 11.3 Å². The standard InChI is InChI=1S/C26H39N5O2/c1-18(2)20-8-7-11-23(16-20)33-22-14-12-19(13-15-22)25-24(31(4)29-28-25)17-27-26(32)30(3)21-9-5-6-10-21/h12-15,18,20-21,23H,5-11,16-17H2,1-4H3,(H,27,32)/t20-,23-/m0/s1. The van der Waals surface area contributed by atoms with E-state index in [1.807, 2.05) is 43.3 Å². The summed E-state index contributed by atoms with van der Waals surface area (Å²) >= 11 is 0. The van der Waals surface area contributed by atoms with Gasteiger partial charge in [0.05, 0.1) is 18.3 Å². The summed E-state index contributed by atoms with van der Waals surface area (Å²) in [6.45, 7) is 5.02. The van der Waals surface area contributed by atoms with Crippen molar-refractivity contribution in [2.75, 3.05) is 7.05 Å². The number of hydrogen-bond donors (Lipinski definition) is 1. The van der Waals surface area contributed by atoms with Crippen LogP contribution in [0.5, 0.6) is 5.75 Å². The third kappa shape index (κ3) is 5.68. The number of urea groups is 1. The normalized spacial score (nSPS) is 21.4. The van der Waals surface area contributed by atoms with Gasteiger partial charge >= 0.3 is 6.03 Å². The molecule has 0 bridgehead atoms. The van der Waals surface area contributed by atoms with Gasteiger partial charge in [0.25, 0.3) is 0 Å². The van der Waals surface area contributed by atoms with Crippen LogP contribution >= 0.6 is 0 Å². The highest BCUT2D eigenvalue weighted by Gasteiger charge is 2.26. The van der Waals surface area contributed by atoms with Crippen LogP contribution < -0.4 is 10.1 Å². The van der Waals surface area contributed by atoms with Gasteiger partial charge < -0.3 is 15.0 Å². The Balaban J connectivity index is 1.38. The monoisotopic (exact) mass is 453 g/mol. The lowest BCUT2D eigenvalue weighted by atomic mass is 9.80. The number of aromatic nitrogens is 3. The maximum absolute atomic E-state index is 12.6. The zero-order valence-corrected chi connectivity index (χ0v) is 20.6. The van der Waals surface area contributed by atoms with Gasteiger partial charge in [0.2, 0.25) is 0 Å². The van der Waals surface area contributed by atoms with Crippen molar-refractivity contribution in [3.8, 4) is 17.0 Å². The van der Waals surface area contributed by atoms with Crippen LogP contribution in [-0.4, -0.2) is 45.1 Å². The molecule has 1 N–H and O–H groups in total. The lowest BCUT2D eigenvalue weighted by Crippen LogP contribution is -2.42. The van der Waals surface area contributed by atoms with Crippen LogP contribution in [0.1, 0.15) is 70.9 Å². The molecular formula is C26H39N5O2. The van der Waals surface area contributed by atoms with E-state index >= 15 is 0 Å². The highest BCUT2D eigenvalue weighted by molar-refractivity contribution is 5.74. The molecule has 0 unspecified atom stereocenters. The highest BCUT2D eigenvalue weighted by atomic mass is 16.5. The van der Waals surface area contributed by atoms with E-state index in [4.69, 9.17) is 4.74 Å². The van der Waals surface area contributed by atoms with E-state index in [0.717, 1.165) is 54.3 Å². The van der Waals surface area contributed by atoms with E-state index in [-0.39, 0.29) is 6.03 Å². The van der Waals surface area contributed by atoms with Crippen molar-refractivity contribution in [1.82, 2.24) is 25.2 Å². The average molecular weight is 454 g/mol. The molecule has 2 atom stereocenters. The Labute approximate surface area is 197 Å². The molecule has 0 saturated heterocycles. The molecule has 2 fully saturated rings. The van der Waals surface area contributed by atoms with Gasteiger partial charge in [-0.25, -0.2) is 9.48 Å². The van der Waals surface area contributed by atoms with Crippen LogP contribution in [0.3, 0.4) is 0 Å². The number of ether oxygens (including phenoxy) is 1. The van der Waals surface area contributed by atoms with Gasteiger partial charge in [-0.15, -0.1) is 5.10 Å². The van der Waals surface area contributed by atoms with E-state index in [1.165, 1.54) is 25.7 Å². The second-order valence-corrected chi connectivity index (χ2v) is 10.2. The Morgan fingerprint density at radius 2 is 1.88 bits per heavy atom. The Kier molecular flexibility index (Phi) is 7.56. The minimum Gasteiger partial charge on any atom is -0.490 e. The maximum atomic E-state index is 12.6. The second kappa shape index (κ2) is 10.6. The third-order valence-electron chi connectivity index (χ3n) is 7.58. The molecule has 0 radical (unpaired) electrons. The molecule has 2 aliphatic carbocycles. The molecule has 2 saturated carbocycles. The number of nitrogens with one attached hydrogen (secondary N) is 1. The summed E-state index contributed by atoms with van der Waals surface area (Å²) in [4.78, 5) is 14.5. The fourth-order valence-electron chi connectivity index (χ4n) is 5.32. The molecule has 1 aromatic carbocycles. The molecule has 1 heterocycles. The molecule has 33 heavy (non-hydrogen) atoms. The lowest BCUT2D eigenvalue weighted by Gasteiger charge is -2.31. The zero-order valence-electron chi connectivity index (χ0n) is 20.6.